The molecule has 0 rings (SSSR count). The van der Waals surface area contributed by atoms with Gasteiger partial charge in [0.05, 0.1) is 24.2 Å². The molecule has 0 radical (unpaired) electrons. The van der Waals surface area contributed by atoms with Crippen LogP contribution in [0.4, 0.5) is 0 Å². The molecule has 0 bridgehead atoms. The molecule has 0 aromatic heterocycles. The molecule has 0 unspecified atom stereocenters. The van der Waals surface area contributed by atoms with Crippen LogP contribution in [0.3, 0.4) is 0 Å². The second-order valence-electron chi connectivity index (χ2n) is 3.15. The van der Waals surface area contributed by atoms with E-state index in [2.05, 4.69) is 4.74 Å². The lowest BCUT2D eigenvalue weighted by Gasteiger charge is -2.19. The Hall–Kier alpha value is -1.55. The van der Waals surface area contributed by atoms with Gasteiger partial charge in [-0.25, -0.2) is 0 Å². The van der Waals surface area contributed by atoms with Gasteiger partial charge in [0, 0.05) is 0 Å². The van der Waals surface area contributed by atoms with E-state index in [1.165, 1.54) is 13.8 Å². The molecule has 13 heavy (non-hydrogen) atoms. The number of nitriles is 2. The van der Waals surface area contributed by atoms with Crippen LogP contribution in [0.25, 0.3) is 0 Å². The van der Waals surface area contributed by atoms with Crippen molar-refractivity contribution in [3.8, 4) is 12.1 Å². The van der Waals surface area contributed by atoms with Crippen LogP contribution < -0.4 is 0 Å². The normalized spacial score (nSPS) is 12.4. The predicted octanol–water partition coefficient (Wildman–Crippen LogP) is 1.24. The van der Waals surface area contributed by atoms with E-state index in [9.17, 15) is 4.79 Å². The van der Waals surface area contributed by atoms with E-state index < -0.39 is 17.3 Å². The first-order chi connectivity index (χ1) is 5.99. The third-order valence-electron chi connectivity index (χ3n) is 1.66. The lowest BCUT2D eigenvalue weighted by Crippen LogP contribution is -2.30. The Morgan fingerprint density at radius 3 is 2.38 bits per heavy atom. The molecule has 0 aliphatic heterocycles. The fraction of sp³-hybridized carbons (Fsp3) is 0.667. The first kappa shape index (κ1) is 11.4. The van der Waals surface area contributed by atoms with Crippen molar-refractivity contribution in [3.05, 3.63) is 0 Å². The molecule has 0 saturated carbocycles. The fourth-order valence-corrected chi connectivity index (χ4v) is 0.799. The average molecular weight is 180 g/mol. The number of esters is 1. The van der Waals surface area contributed by atoms with Crippen molar-refractivity contribution in [2.45, 2.75) is 20.8 Å². The monoisotopic (exact) mass is 180 g/mol. The molecular formula is C9H12N2O2. The van der Waals surface area contributed by atoms with Gasteiger partial charge >= 0.3 is 5.97 Å². The first-order valence-corrected chi connectivity index (χ1v) is 3.97. The minimum Gasteiger partial charge on any atom is -0.465 e. The van der Waals surface area contributed by atoms with E-state index in [0.29, 0.717) is 0 Å². The molecular weight excluding hydrogens is 168 g/mol. The summed E-state index contributed by atoms with van der Waals surface area (Å²) in [4.78, 5) is 11.2. The lowest BCUT2D eigenvalue weighted by atomic mass is 9.81. The third kappa shape index (κ3) is 2.76. The van der Waals surface area contributed by atoms with Crippen LogP contribution in [0.2, 0.25) is 0 Å². The molecule has 4 heteroatoms. The van der Waals surface area contributed by atoms with Crippen LogP contribution in [0, 0.1) is 34.0 Å². The summed E-state index contributed by atoms with van der Waals surface area (Å²) in [6.45, 7) is 4.96. The highest BCUT2D eigenvalue weighted by atomic mass is 16.5. The zero-order valence-electron chi connectivity index (χ0n) is 8.00. The maximum atomic E-state index is 11.2. The molecule has 0 aliphatic rings. The number of ether oxygens (including phenoxy) is 1. The van der Waals surface area contributed by atoms with Crippen LogP contribution in [-0.4, -0.2) is 12.6 Å². The molecule has 0 amide bonds. The van der Waals surface area contributed by atoms with Crippen LogP contribution in [0.1, 0.15) is 20.8 Å². The van der Waals surface area contributed by atoms with E-state index in [-0.39, 0.29) is 6.61 Å². The Bertz CT molecular complexity index is 270. The Morgan fingerprint density at radius 2 is 2.08 bits per heavy atom. The topological polar surface area (TPSA) is 73.9 Å². The van der Waals surface area contributed by atoms with Crippen molar-refractivity contribution in [1.29, 1.82) is 10.5 Å². The Morgan fingerprint density at radius 1 is 1.54 bits per heavy atom. The third-order valence-corrected chi connectivity index (χ3v) is 1.66. The summed E-state index contributed by atoms with van der Waals surface area (Å²) in [5.74, 6) is -1.64. The van der Waals surface area contributed by atoms with Crippen molar-refractivity contribution in [3.63, 3.8) is 0 Å². The van der Waals surface area contributed by atoms with E-state index in [4.69, 9.17) is 10.5 Å². The van der Waals surface area contributed by atoms with Gasteiger partial charge in [0.2, 0.25) is 0 Å². The second-order valence-corrected chi connectivity index (χ2v) is 3.15. The molecule has 0 saturated heterocycles. The summed E-state index contributed by atoms with van der Waals surface area (Å²) < 4.78 is 4.67. The van der Waals surface area contributed by atoms with Crippen molar-refractivity contribution in [1.82, 2.24) is 0 Å². The maximum Gasteiger partial charge on any atom is 0.324 e. The van der Waals surface area contributed by atoms with Crippen molar-refractivity contribution in [2.24, 2.45) is 11.3 Å². The Balaban J connectivity index is 4.66. The molecule has 4 nitrogen and oxygen atoms in total. The van der Waals surface area contributed by atoms with E-state index in [0.717, 1.165) is 0 Å². The Kier molecular flexibility index (Phi) is 3.94. The highest BCUT2D eigenvalue weighted by Crippen LogP contribution is 2.26. The van der Waals surface area contributed by atoms with Crippen LogP contribution in [-0.2, 0) is 9.53 Å². The zero-order chi connectivity index (χ0) is 10.5. The number of nitrogens with zero attached hydrogens (tertiary/aromatic N) is 2. The van der Waals surface area contributed by atoms with E-state index in [1.54, 1.807) is 13.0 Å². The minimum absolute atomic E-state index is 0.221. The summed E-state index contributed by atoms with van der Waals surface area (Å²) in [7, 11) is 0. The Labute approximate surface area is 77.7 Å². The van der Waals surface area contributed by atoms with Gasteiger partial charge in [-0.15, -0.1) is 0 Å². The van der Waals surface area contributed by atoms with Gasteiger partial charge in [-0.1, -0.05) is 0 Å². The number of carbonyl (C=O) groups is 1. The molecule has 0 spiro atoms. The highest BCUT2D eigenvalue weighted by Gasteiger charge is 2.36. The number of rotatable bonds is 3. The van der Waals surface area contributed by atoms with Gasteiger partial charge in [-0.3, -0.25) is 4.79 Å². The first-order valence-electron chi connectivity index (χ1n) is 3.97. The van der Waals surface area contributed by atoms with Crippen molar-refractivity contribution < 1.29 is 9.53 Å². The quantitative estimate of drug-likeness (QED) is 0.612. The molecule has 0 aromatic carbocycles. The zero-order valence-corrected chi connectivity index (χ0v) is 8.00. The van der Waals surface area contributed by atoms with Crippen LogP contribution in [0.15, 0.2) is 0 Å². The summed E-state index contributed by atoms with van der Waals surface area (Å²) in [5, 5.41) is 17.4. The van der Waals surface area contributed by atoms with Gasteiger partial charge in [0.25, 0.3) is 0 Å². The lowest BCUT2D eigenvalue weighted by molar-refractivity contribution is -0.148. The van der Waals surface area contributed by atoms with Gasteiger partial charge in [-0.2, -0.15) is 10.5 Å². The predicted molar refractivity (Wildman–Crippen MR) is 45.1 cm³/mol. The average Bonchev–Trinajstić information content (AvgIpc) is 2.05. The SMILES string of the molecule is CCOC(=O)[C@H](C#N)C(C)(C)C#N. The van der Waals surface area contributed by atoms with E-state index in [1.807, 2.05) is 6.07 Å². The largest absolute Gasteiger partial charge is 0.465 e. The van der Waals surface area contributed by atoms with Crippen LogP contribution in [0.5, 0.6) is 0 Å². The fourth-order valence-electron chi connectivity index (χ4n) is 0.799. The van der Waals surface area contributed by atoms with Gasteiger partial charge in [0.15, 0.2) is 5.92 Å². The smallest absolute Gasteiger partial charge is 0.324 e. The summed E-state index contributed by atoms with van der Waals surface area (Å²) in [6, 6.07) is 3.69. The summed E-state index contributed by atoms with van der Waals surface area (Å²) in [5.41, 5.74) is -0.999. The van der Waals surface area contributed by atoms with E-state index >= 15 is 0 Å². The molecule has 0 aromatic rings. The number of hydrogen-bond donors (Lipinski definition) is 0. The molecule has 0 aliphatic carbocycles. The van der Waals surface area contributed by atoms with Crippen molar-refractivity contribution >= 4 is 5.97 Å². The van der Waals surface area contributed by atoms with Crippen molar-refractivity contribution in [2.75, 3.05) is 6.61 Å². The van der Waals surface area contributed by atoms with Gasteiger partial charge in [0.1, 0.15) is 0 Å². The van der Waals surface area contributed by atoms with Gasteiger partial charge < -0.3 is 4.74 Å². The molecule has 0 fully saturated rings. The summed E-state index contributed by atoms with van der Waals surface area (Å²) in [6.07, 6.45) is 0. The molecule has 70 valence electrons. The molecule has 0 heterocycles. The second kappa shape index (κ2) is 4.47. The molecule has 1 atom stereocenters. The standard InChI is InChI=1S/C9H12N2O2/c1-4-13-8(12)7(5-10)9(2,3)6-11/h7H,4H2,1-3H3/t7-/m0/s1. The highest BCUT2D eigenvalue weighted by molar-refractivity contribution is 5.76. The number of carbonyl (C=O) groups excluding carboxylic acids is 1. The minimum atomic E-state index is -1.02. The van der Waals surface area contributed by atoms with Crippen LogP contribution >= 0.6 is 0 Å². The number of hydrogen-bond acceptors (Lipinski definition) is 4. The summed E-state index contributed by atoms with van der Waals surface area (Å²) >= 11 is 0. The molecule has 0 N–H and O–H groups in total. The maximum absolute atomic E-state index is 11.2. The van der Waals surface area contributed by atoms with Gasteiger partial charge in [-0.05, 0) is 20.8 Å².